The Morgan fingerprint density at radius 2 is 1.85 bits per heavy atom. The van der Waals surface area contributed by atoms with Crippen LogP contribution in [0.15, 0.2) is 30.3 Å². The minimum Gasteiger partial charge on any atom is -0.479 e. The Balaban J connectivity index is 1.82. The number of thioether (sulfide) groups is 1. The molecular formula is C15H17NO3S. The summed E-state index contributed by atoms with van der Waals surface area (Å²) in [5, 5.41) is 12.3. The largest absolute Gasteiger partial charge is 0.479 e. The van der Waals surface area contributed by atoms with Crippen LogP contribution >= 0.6 is 11.8 Å². The zero-order chi connectivity index (χ0) is 14.2. The first kappa shape index (κ1) is 13.5. The summed E-state index contributed by atoms with van der Waals surface area (Å²) in [6.07, 6.45) is 2.10. The number of carboxylic acid groups (broad SMARTS) is 1. The minimum absolute atomic E-state index is 0.131. The third kappa shape index (κ3) is 2.10. The Morgan fingerprint density at radius 3 is 2.35 bits per heavy atom. The number of hydrogen-bond acceptors (Lipinski definition) is 3. The average Bonchev–Trinajstić information content (AvgIpc) is 3.14. The summed E-state index contributed by atoms with van der Waals surface area (Å²) in [7, 11) is 0. The molecule has 4 nitrogen and oxygen atoms in total. The second-order valence-electron chi connectivity index (χ2n) is 5.59. The summed E-state index contributed by atoms with van der Waals surface area (Å²) in [4.78, 5) is 24.1. The number of carbonyl (C=O) groups is 2. The first-order valence-electron chi connectivity index (χ1n) is 6.78. The molecule has 1 amide bonds. The summed E-state index contributed by atoms with van der Waals surface area (Å²) >= 11 is 1.58. The van der Waals surface area contributed by atoms with Crippen LogP contribution in [0.5, 0.6) is 0 Å². The van der Waals surface area contributed by atoms with Gasteiger partial charge in [-0.2, -0.15) is 11.8 Å². The number of rotatable bonds is 4. The molecule has 1 saturated heterocycles. The lowest BCUT2D eigenvalue weighted by atomic mass is 9.92. The van der Waals surface area contributed by atoms with Gasteiger partial charge in [-0.25, -0.2) is 4.79 Å². The summed E-state index contributed by atoms with van der Waals surface area (Å²) in [5.41, 5.74) is -0.591. The highest BCUT2D eigenvalue weighted by Crippen LogP contribution is 2.49. The standard InChI is InChI=1S/C15H17NO3S/c17-12(16-15(13(18)19)8-9-20-10-15)14(6-7-14)11-4-2-1-3-5-11/h1-5H,6-10H2,(H,16,17)(H,18,19). The molecule has 1 atom stereocenters. The van der Waals surface area contributed by atoms with E-state index in [0.29, 0.717) is 12.2 Å². The second kappa shape index (κ2) is 4.81. The van der Waals surface area contributed by atoms with E-state index in [1.807, 2.05) is 30.3 Å². The van der Waals surface area contributed by atoms with Gasteiger partial charge in [0.1, 0.15) is 5.54 Å². The molecule has 5 heteroatoms. The van der Waals surface area contributed by atoms with Crippen LogP contribution in [0.4, 0.5) is 0 Å². The number of aliphatic carboxylic acids is 1. The number of benzene rings is 1. The van der Waals surface area contributed by atoms with Gasteiger partial charge in [-0.1, -0.05) is 30.3 Å². The molecular weight excluding hydrogens is 274 g/mol. The first-order chi connectivity index (χ1) is 9.59. The van der Waals surface area contributed by atoms with E-state index < -0.39 is 16.9 Å². The fourth-order valence-corrected chi connectivity index (χ4v) is 4.08. The van der Waals surface area contributed by atoms with Crippen molar-refractivity contribution < 1.29 is 14.7 Å². The van der Waals surface area contributed by atoms with Gasteiger partial charge in [-0.15, -0.1) is 0 Å². The highest BCUT2D eigenvalue weighted by Gasteiger charge is 2.54. The third-order valence-corrected chi connectivity index (χ3v) is 5.48. The molecule has 2 fully saturated rings. The van der Waals surface area contributed by atoms with E-state index in [4.69, 9.17) is 0 Å². The van der Waals surface area contributed by atoms with Gasteiger partial charge >= 0.3 is 5.97 Å². The lowest BCUT2D eigenvalue weighted by Crippen LogP contribution is -2.57. The van der Waals surface area contributed by atoms with E-state index in [0.717, 1.165) is 24.2 Å². The molecule has 1 aliphatic carbocycles. The number of carboxylic acids is 1. The van der Waals surface area contributed by atoms with Gasteiger partial charge in [0.05, 0.1) is 5.41 Å². The van der Waals surface area contributed by atoms with Crippen molar-refractivity contribution in [1.29, 1.82) is 0 Å². The van der Waals surface area contributed by atoms with Gasteiger partial charge < -0.3 is 10.4 Å². The molecule has 0 spiro atoms. The van der Waals surface area contributed by atoms with Crippen LogP contribution in [-0.4, -0.2) is 34.0 Å². The van der Waals surface area contributed by atoms with Gasteiger partial charge in [-0.05, 0) is 30.6 Å². The fraction of sp³-hybridized carbons (Fsp3) is 0.467. The van der Waals surface area contributed by atoms with E-state index in [1.165, 1.54) is 0 Å². The van der Waals surface area contributed by atoms with E-state index >= 15 is 0 Å². The van der Waals surface area contributed by atoms with Gasteiger partial charge in [0, 0.05) is 5.75 Å². The smallest absolute Gasteiger partial charge is 0.330 e. The monoisotopic (exact) mass is 291 g/mol. The van der Waals surface area contributed by atoms with Crippen LogP contribution in [0.25, 0.3) is 0 Å². The van der Waals surface area contributed by atoms with Crippen LogP contribution in [0.3, 0.4) is 0 Å². The molecule has 1 aromatic carbocycles. The summed E-state index contributed by atoms with van der Waals surface area (Å²) < 4.78 is 0. The van der Waals surface area contributed by atoms with Gasteiger partial charge in [0.2, 0.25) is 5.91 Å². The SMILES string of the molecule is O=C(O)C1(NC(=O)C2(c3ccccc3)CC2)CCSC1. The predicted molar refractivity (Wildman–Crippen MR) is 77.8 cm³/mol. The van der Waals surface area contributed by atoms with Crippen molar-refractivity contribution in [2.75, 3.05) is 11.5 Å². The van der Waals surface area contributed by atoms with Crippen LogP contribution < -0.4 is 5.32 Å². The Labute approximate surface area is 121 Å². The maximum Gasteiger partial charge on any atom is 0.330 e. The van der Waals surface area contributed by atoms with Crippen LogP contribution in [0.1, 0.15) is 24.8 Å². The molecule has 1 aliphatic heterocycles. The molecule has 1 aromatic rings. The molecule has 3 rings (SSSR count). The number of hydrogen-bond donors (Lipinski definition) is 2. The maximum absolute atomic E-state index is 12.6. The Morgan fingerprint density at radius 1 is 1.15 bits per heavy atom. The Kier molecular flexibility index (Phi) is 3.24. The summed E-state index contributed by atoms with van der Waals surface area (Å²) in [5.74, 6) is 0.192. The highest BCUT2D eigenvalue weighted by atomic mass is 32.2. The predicted octanol–water partition coefficient (Wildman–Crippen LogP) is 1.79. The van der Waals surface area contributed by atoms with E-state index in [1.54, 1.807) is 11.8 Å². The number of carbonyl (C=O) groups excluding carboxylic acids is 1. The first-order valence-corrected chi connectivity index (χ1v) is 7.94. The van der Waals surface area contributed by atoms with Crippen molar-refractivity contribution in [3.8, 4) is 0 Å². The molecule has 106 valence electrons. The van der Waals surface area contributed by atoms with Crippen LogP contribution in [0.2, 0.25) is 0 Å². The molecule has 0 aromatic heterocycles. The lowest BCUT2D eigenvalue weighted by Gasteiger charge is -2.27. The highest BCUT2D eigenvalue weighted by molar-refractivity contribution is 7.99. The lowest BCUT2D eigenvalue weighted by molar-refractivity contribution is -0.146. The van der Waals surface area contributed by atoms with E-state index in [2.05, 4.69) is 5.32 Å². The normalized spacial score (nSPS) is 27.0. The number of amides is 1. The third-order valence-electron chi connectivity index (χ3n) is 4.29. The van der Waals surface area contributed by atoms with Crippen molar-refractivity contribution in [3.63, 3.8) is 0 Å². The van der Waals surface area contributed by atoms with Crippen LogP contribution in [-0.2, 0) is 15.0 Å². The molecule has 2 aliphatic rings. The Hall–Kier alpha value is -1.49. The topological polar surface area (TPSA) is 66.4 Å². The van der Waals surface area contributed by atoms with Crippen molar-refractivity contribution in [2.24, 2.45) is 0 Å². The molecule has 1 saturated carbocycles. The molecule has 2 N–H and O–H groups in total. The maximum atomic E-state index is 12.6. The zero-order valence-electron chi connectivity index (χ0n) is 11.1. The van der Waals surface area contributed by atoms with Gasteiger partial charge in [0.15, 0.2) is 0 Å². The quantitative estimate of drug-likeness (QED) is 0.887. The van der Waals surface area contributed by atoms with E-state index in [9.17, 15) is 14.7 Å². The molecule has 0 bridgehead atoms. The molecule has 20 heavy (non-hydrogen) atoms. The summed E-state index contributed by atoms with van der Waals surface area (Å²) in [6, 6.07) is 9.65. The van der Waals surface area contributed by atoms with E-state index in [-0.39, 0.29) is 5.91 Å². The van der Waals surface area contributed by atoms with Crippen LogP contribution in [0, 0.1) is 0 Å². The van der Waals surface area contributed by atoms with Crippen molar-refractivity contribution >= 4 is 23.6 Å². The molecule has 0 radical (unpaired) electrons. The molecule has 1 heterocycles. The number of nitrogens with one attached hydrogen (secondary N) is 1. The summed E-state index contributed by atoms with van der Waals surface area (Å²) in [6.45, 7) is 0. The van der Waals surface area contributed by atoms with Gasteiger partial charge in [-0.3, -0.25) is 4.79 Å². The second-order valence-corrected chi connectivity index (χ2v) is 6.70. The van der Waals surface area contributed by atoms with Crippen molar-refractivity contribution in [1.82, 2.24) is 5.32 Å². The fourth-order valence-electron chi connectivity index (χ4n) is 2.75. The van der Waals surface area contributed by atoms with Crippen molar-refractivity contribution in [3.05, 3.63) is 35.9 Å². The van der Waals surface area contributed by atoms with Crippen molar-refractivity contribution in [2.45, 2.75) is 30.2 Å². The average molecular weight is 291 g/mol. The zero-order valence-corrected chi connectivity index (χ0v) is 11.9. The minimum atomic E-state index is -1.08. The van der Waals surface area contributed by atoms with Gasteiger partial charge in [0.25, 0.3) is 0 Å². The molecule has 1 unspecified atom stereocenters. The Bertz CT molecular complexity index is 533.